The fourth-order valence-electron chi connectivity index (χ4n) is 6.39. The maximum absolute atomic E-state index is 16.2. The van der Waals surface area contributed by atoms with Crippen molar-refractivity contribution in [1.82, 2.24) is 35.3 Å². The van der Waals surface area contributed by atoms with Gasteiger partial charge in [0.05, 0.1) is 17.1 Å². The van der Waals surface area contributed by atoms with Crippen LogP contribution in [-0.4, -0.2) is 68.2 Å². The van der Waals surface area contributed by atoms with E-state index in [-0.39, 0.29) is 18.5 Å². The van der Waals surface area contributed by atoms with E-state index in [1.165, 1.54) is 6.33 Å². The van der Waals surface area contributed by atoms with Crippen LogP contribution in [0.15, 0.2) is 71.5 Å². The second-order valence-electron chi connectivity index (χ2n) is 13.8. The Kier molecular flexibility index (Phi) is 8.88. The standard InChI is InChI=1S/C38H39FN8O4/c1-22-26(23(2)42-35(48)34-44-36(51-45-34)38(3,4)5)13-14-28(31(22)39)32-30-27-12-11-25(19-29(27)43-33(30)41-21-40-32)46-15-17-47(18-16-46)37(49)50-20-24-9-7-6-8-10-24/h6-14,19,21,23H,15-18,20H2,1-5H3,(H,42,48)(H,40,41,43)/t23-/m1/s1. The molecule has 3 aromatic carbocycles. The Morgan fingerprint density at radius 2 is 1.80 bits per heavy atom. The molecule has 12 nitrogen and oxygen atoms in total. The Bertz CT molecular complexity index is 2240. The Morgan fingerprint density at radius 1 is 1.04 bits per heavy atom. The van der Waals surface area contributed by atoms with E-state index in [2.05, 4.69) is 35.3 Å². The third-order valence-electron chi connectivity index (χ3n) is 9.25. The number of hydrogen-bond acceptors (Lipinski definition) is 9. The van der Waals surface area contributed by atoms with Crippen molar-refractivity contribution in [3.05, 3.63) is 101 Å². The molecule has 262 valence electrons. The van der Waals surface area contributed by atoms with E-state index in [0.29, 0.717) is 65.5 Å². The molecule has 0 unspecified atom stereocenters. The van der Waals surface area contributed by atoms with Crippen LogP contribution < -0.4 is 10.2 Å². The third kappa shape index (κ3) is 6.71. The highest BCUT2D eigenvalue weighted by Gasteiger charge is 2.27. The molecule has 1 fully saturated rings. The quantitative estimate of drug-likeness (QED) is 0.184. The van der Waals surface area contributed by atoms with Crippen LogP contribution in [0.4, 0.5) is 14.9 Å². The van der Waals surface area contributed by atoms with Gasteiger partial charge in [-0.05, 0) is 48.7 Å². The summed E-state index contributed by atoms with van der Waals surface area (Å²) in [5.41, 5.74) is 4.78. The number of aromatic amines is 1. The van der Waals surface area contributed by atoms with Crippen molar-refractivity contribution in [2.75, 3.05) is 31.1 Å². The summed E-state index contributed by atoms with van der Waals surface area (Å²) in [6, 6.07) is 18.7. The van der Waals surface area contributed by atoms with Gasteiger partial charge in [0, 0.05) is 53.7 Å². The first-order valence-electron chi connectivity index (χ1n) is 16.9. The summed E-state index contributed by atoms with van der Waals surface area (Å²) in [4.78, 5) is 46.1. The topological polar surface area (TPSA) is 142 Å². The van der Waals surface area contributed by atoms with Crippen molar-refractivity contribution >= 4 is 39.6 Å². The highest BCUT2D eigenvalue weighted by molar-refractivity contribution is 6.12. The van der Waals surface area contributed by atoms with Crippen LogP contribution in [0.5, 0.6) is 0 Å². The smallest absolute Gasteiger partial charge is 0.410 e. The van der Waals surface area contributed by atoms with E-state index >= 15 is 4.39 Å². The number of aromatic nitrogens is 5. The van der Waals surface area contributed by atoms with Crippen molar-refractivity contribution in [2.24, 2.45) is 0 Å². The molecule has 2 N–H and O–H groups in total. The Hall–Kier alpha value is -5.85. The van der Waals surface area contributed by atoms with Crippen LogP contribution in [0, 0.1) is 12.7 Å². The number of carbonyl (C=O) groups excluding carboxylic acids is 2. The van der Waals surface area contributed by atoms with Gasteiger partial charge in [0.15, 0.2) is 0 Å². The molecule has 0 saturated carbocycles. The van der Waals surface area contributed by atoms with E-state index in [1.807, 2.05) is 69.3 Å². The van der Waals surface area contributed by atoms with Crippen LogP contribution >= 0.6 is 0 Å². The number of halogens is 1. The first-order valence-corrected chi connectivity index (χ1v) is 16.9. The van der Waals surface area contributed by atoms with Crippen LogP contribution in [0.1, 0.15) is 66.9 Å². The largest absolute Gasteiger partial charge is 0.445 e. The Balaban J connectivity index is 1.07. The average molecular weight is 691 g/mol. The predicted octanol–water partition coefficient (Wildman–Crippen LogP) is 6.86. The van der Waals surface area contributed by atoms with Crippen molar-refractivity contribution < 1.29 is 23.2 Å². The molecule has 1 aliphatic rings. The number of H-pyrrole nitrogens is 1. The summed E-state index contributed by atoms with van der Waals surface area (Å²) in [5, 5.41) is 8.25. The second kappa shape index (κ2) is 13.5. The van der Waals surface area contributed by atoms with E-state index in [1.54, 1.807) is 30.9 Å². The molecule has 1 aliphatic heterocycles. The molecule has 0 radical (unpaired) electrons. The lowest BCUT2D eigenvalue weighted by Gasteiger charge is -2.35. The SMILES string of the molecule is Cc1c([C@@H](C)NC(=O)c2noc(C(C)(C)C)n2)ccc(-c2ncnc3[nH]c4cc(N5CCN(C(=O)OCc6ccccc6)CC5)ccc4c23)c1F. The normalized spacial score (nSPS) is 14.2. The zero-order valence-corrected chi connectivity index (χ0v) is 29.2. The molecule has 0 spiro atoms. The highest BCUT2D eigenvalue weighted by atomic mass is 19.1. The minimum atomic E-state index is -0.531. The van der Waals surface area contributed by atoms with E-state index in [4.69, 9.17) is 9.26 Å². The van der Waals surface area contributed by atoms with Crippen LogP contribution in [-0.2, 0) is 16.8 Å². The van der Waals surface area contributed by atoms with E-state index in [0.717, 1.165) is 22.2 Å². The number of benzene rings is 3. The van der Waals surface area contributed by atoms with Gasteiger partial charge in [-0.15, -0.1) is 0 Å². The van der Waals surface area contributed by atoms with Gasteiger partial charge in [0.2, 0.25) is 5.89 Å². The van der Waals surface area contributed by atoms with Gasteiger partial charge in [0.1, 0.15) is 24.4 Å². The number of hydrogen-bond donors (Lipinski definition) is 2. The number of nitrogens with zero attached hydrogens (tertiary/aromatic N) is 6. The van der Waals surface area contributed by atoms with E-state index in [9.17, 15) is 9.59 Å². The molecule has 6 aromatic rings. The lowest BCUT2D eigenvalue weighted by molar-refractivity contribution is 0.0923. The second-order valence-corrected chi connectivity index (χ2v) is 13.8. The number of fused-ring (bicyclic) bond motifs is 3. The summed E-state index contributed by atoms with van der Waals surface area (Å²) in [5.74, 6) is -0.666. The maximum Gasteiger partial charge on any atom is 0.410 e. The molecule has 1 saturated heterocycles. The maximum atomic E-state index is 16.2. The number of anilines is 1. The minimum absolute atomic E-state index is 0.0751. The van der Waals surface area contributed by atoms with Crippen molar-refractivity contribution in [3.8, 4) is 11.3 Å². The number of rotatable bonds is 7. The molecule has 0 bridgehead atoms. The van der Waals surface area contributed by atoms with Gasteiger partial charge in [-0.3, -0.25) is 4.79 Å². The number of ether oxygens (including phenoxy) is 1. The zero-order chi connectivity index (χ0) is 35.9. The monoisotopic (exact) mass is 690 g/mol. The van der Waals surface area contributed by atoms with Gasteiger partial charge in [-0.1, -0.05) is 68.4 Å². The highest BCUT2D eigenvalue weighted by Crippen LogP contribution is 2.37. The van der Waals surface area contributed by atoms with Crippen LogP contribution in [0.3, 0.4) is 0 Å². The van der Waals surface area contributed by atoms with Crippen molar-refractivity contribution in [2.45, 2.75) is 52.7 Å². The number of piperazine rings is 1. The Morgan fingerprint density at radius 3 is 2.53 bits per heavy atom. The number of amides is 2. The first kappa shape index (κ1) is 33.6. The van der Waals surface area contributed by atoms with Gasteiger partial charge in [0.25, 0.3) is 11.7 Å². The summed E-state index contributed by atoms with van der Waals surface area (Å²) >= 11 is 0. The molecular weight excluding hydrogens is 651 g/mol. The fraction of sp³-hybridized carbons (Fsp3) is 0.316. The molecule has 2 amide bonds. The van der Waals surface area contributed by atoms with E-state index < -0.39 is 23.2 Å². The summed E-state index contributed by atoms with van der Waals surface area (Å²) in [6.45, 7) is 11.8. The van der Waals surface area contributed by atoms with Gasteiger partial charge in [-0.2, -0.15) is 4.98 Å². The van der Waals surface area contributed by atoms with Crippen molar-refractivity contribution in [3.63, 3.8) is 0 Å². The lowest BCUT2D eigenvalue weighted by Crippen LogP contribution is -2.48. The van der Waals surface area contributed by atoms with Gasteiger partial charge < -0.3 is 29.4 Å². The van der Waals surface area contributed by atoms with Gasteiger partial charge in [-0.25, -0.2) is 19.2 Å². The van der Waals surface area contributed by atoms with Gasteiger partial charge >= 0.3 is 6.09 Å². The molecule has 3 aromatic heterocycles. The Labute approximate surface area is 294 Å². The molecule has 13 heteroatoms. The van der Waals surface area contributed by atoms with Crippen LogP contribution in [0.2, 0.25) is 0 Å². The molecule has 1 atom stereocenters. The molecule has 4 heterocycles. The summed E-state index contributed by atoms with van der Waals surface area (Å²) < 4.78 is 27.0. The average Bonchev–Trinajstić information content (AvgIpc) is 3.78. The first-order chi connectivity index (χ1) is 24.5. The molecular formula is C38H39FN8O4. The molecule has 7 rings (SSSR count). The van der Waals surface area contributed by atoms with Crippen molar-refractivity contribution in [1.29, 1.82) is 0 Å². The minimum Gasteiger partial charge on any atom is -0.445 e. The number of nitrogens with one attached hydrogen (secondary N) is 2. The summed E-state index contributed by atoms with van der Waals surface area (Å²) in [6.07, 6.45) is 1.11. The molecule has 0 aliphatic carbocycles. The van der Waals surface area contributed by atoms with Crippen LogP contribution in [0.25, 0.3) is 33.2 Å². The fourth-order valence-corrected chi connectivity index (χ4v) is 6.39. The lowest BCUT2D eigenvalue weighted by atomic mass is 9.96. The number of carbonyl (C=O) groups is 2. The molecule has 51 heavy (non-hydrogen) atoms. The predicted molar refractivity (Wildman–Crippen MR) is 191 cm³/mol. The third-order valence-corrected chi connectivity index (χ3v) is 9.25. The summed E-state index contributed by atoms with van der Waals surface area (Å²) in [7, 11) is 0. The zero-order valence-electron chi connectivity index (χ0n) is 29.2.